The Labute approximate surface area is 73.3 Å². The summed E-state index contributed by atoms with van der Waals surface area (Å²) in [7, 11) is 3.80. The van der Waals surface area contributed by atoms with Crippen LogP contribution in [0.25, 0.3) is 0 Å². The van der Waals surface area contributed by atoms with Crippen molar-refractivity contribution >= 4 is 5.84 Å². The fourth-order valence-electron chi connectivity index (χ4n) is 1.20. The summed E-state index contributed by atoms with van der Waals surface area (Å²) in [5.41, 5.74) is 5.81. The van der Waals surface area contributed by atoms with Gasteiger partial charge in [-0.2, -0.15) is 5.10 Å². The smallest absolute Gasteiger partial charge is 0.171 e. The van der Waals surface area contributed by atoms with Crippen LogP contribution in [0.1, 0.15) is 6.92 Å². The predicted molar refractivity (Wildman–Crippen MR) is 50.3 cm³/mol. The van der Waals surface area contributed by atoms with Crippen LogP contribution in [0.2, 0.25) is 0 Å². The minimum atomic E-state index is -0.137. The number of hydrazone groups is 1. The van der Waals surface area contributed by atoms with Crippen LogP contribution >= 0.6 is 0 Å². The van der Waals surface area contributed by atoms with Crippen LogP contribution in [0.15, 0.2) is 17.8 Å². The van der Waals surface area contributed by atoms with E-state index in [4.69, 9.17) is 5.73 Å². The average molecular weight is 168 g/mol. The molecule has 0 aromatic heterocycles. The highest BCUT2D eigenvalue weighted by Gasteiger charge is 2.27. The van der Waals surface area contributed by atoms with Crippen LogP contribution in [0.4, 0.5) is 0 Å². The second-order valence-corrected chi connectivity index (χ2v) is 3.08. The van der Waals surface area contributed by atoms with Crippen molar-refractivity contribution < 1.29 is 0 Å². The summed E-state index contributed by atoms with van der Waals surface area (Å²) in [6.07, 6.45) is 1.73. The number of rotatable bonds is 2. The third-order valence-electron chi connectivity index (χ3n) is 2.16. The Balaban J connectivity index is 2.79. The van der Waals surface area contributed by atoms with E-state index in [0.29, 0.717) is 0 Å². The van der Waals surface area contributed by atoms with E-state index >= 15 is 0 Å². The van der Waals surface area contributed by atoms with E-state index in [1.807, 2.05) is 32.0 Å². The van der Waals surface area contributed by atoms with Gasteiger partial charge in [-0.1, -0.05) is 13.0 Å². The molecule has 12 heavy (non-hydrogen) atoms. The van der Waals surface area contributed by atoms with Gasteiger partial charge in [0.15, 0.2) is 6.29 Å². The molecule has 0 amide bonds. The summed E-state index contributed by atoms with van der Waals surface area (Å²) >= 11 is 0. The SMILES string of the molecule is C=CC(C)C1=NN(C)C(N)N1C. The maximum absolute atomic E-state index is 5.81. The van der Waals surface area contributed by atoms with Gasteiger partial charge in [0, 0.05) is 20.0 Å². The molecule has 1 aliphatic heterocycles. The van der Waals surface area contributed by atoms with Gasteiger partial charge >= 0.3 is 0 Å². The molecule has 1 heterocycles. The molecule has 0 spiro atoms. The molecule has 0 aromatic carbocycles. The van der Waals surface area contributed by atoms with Gasteiger partial charge < -0.3 is 4.90 Å². The summed E-state index contributed by atoms with van der Waals surface area (Å²) in [4.78, 5) is 1.95. The molecule has 2 unspecified atom stereocenters. The second-order valence-electron chi connectivity index (χ2n) is 3.08. The molecule has 2 atom stereocenters. The van der Waals surface area contributed by atoms with Crippen molar-refractivity contribution in [2.45, 2.75) is 13.2 Å². The number of nitrogens with zero attached hydrogens (tertiary/aromatic N) is 3. The van der Waals surface area contributed by atoms with Crippen LogP contribution in [-0.2, 0) is 0 Å². The molecular weight excluding hydrogens is 152 g/mol. The first-order valence-corrected chi connectivity index (χ1v) is 4.00. The lowest BCUT2D eigenvalue weighted by Crippen LogP contribution is -2.45. The molecule has 0 saturated carbocycles. The summed E-state index contributed by atoms with van der Waals surface area (Å²) in [6, 6.07) is 0. The third kappa shape index (κ3) is 1.30. The van der Waals surface area contributed by atoms with Crippen molar-refractivity contribution in [3.05, 3.63) is 12.7 Å². The maximum Gasteiger partial charge on any atom is 0.171 e. The third-order valence-corrected chi connectivity index (χ3v) is 2.16. The van der Waals surface area contributed by atoms with Crippen molar-refractivity contribution in [3.8, 4) is 0 Å². The van der Waals surface area contributed by atoms with Gasteiger partial charge in [-0.15, -0.1) is 6.58 Å². The highest BCUT2D eigenvalue weighted by Crippen LogP contribution is 2.14. The Hall–Kier alpha value is -1.03. The number of hydrogen-bond donors (Lipinski definition) is 1. The van der Waals surface area contributed by atoms with E-state index in [-0.39, 0.29) is 12.2 Å². The molecule has 0 radical (unpaired) electrons. The average Bonchev–Trinajstić information content (AvgIpc) is 2.32. The fourth-order valence-corrected chi connectivity index (χ4v) is 1.20. The van der Waals surface area contributed by atoms with Crippen molar-refractivity contribution in [3.63, 3.8) is 0 Å². The summed E-state index contributed by atoms with van der Waals surface area (Å²) < 4.78 is 0. The molecule has 1 aliphatic rings. The molecule has 2 N–H and O–H groups in total. The largest absolute Gasteiger partial charge is 0.327 e. The first-order chi connectivity index (χ1) is 5.57. The van der Waals surface area contributed by atoms with E-state index in [9.17, 15) is 0 Å². The minimum Gasteiger partial charge on any atom is -0.327 e. The standard InChI is InChI=1S/C8H16N4/c1-5-6(2)7-10-12(4)8(9)11(7)3/h5-6,8H,1,9H2,2-4H3. The van der Waals surface area contributed by atoms with E-state index in [2.05, 4.69) is 11.7 Å². The molecular formula is C8H16N4. The fraction of sp³-hybridized carbons (Fsp3) is 0.625. The number of hydrogen-bond acceptors (Lipinski definition) is 4. The zero-order chi connectivity index (χ0) is 9.30. The Bertz CT molecular complexity index is 211. The Morgan fingerprint density at radius 2 is 2.25 bits per heavy atom. The van der Waals surface area contributed by atoms with Crippen LogP contribution < -0.4 is 5.73 Å². The second kappa shape index (κ2) is 3.15. The normalized spacial score (nSPS) is 25.7. The lowest BCUT2D eigenvalue weighted by molar-refractivity contribution is 0.186. The van der Waals surface area contributed by atoms with E-state index in [1.165, 1.54) is 0 Å². The molecule has 4 nitrogen and oxygen atoms in total. The van der Waals surface area contributed by atoms with Crippen LogP contribution in [-0.4, -0.2) is 36.1 Å². The Kier molecular flexibility index (Phi) is 2.38. The van der Waals surface area contributed by atoms with Gasteiger partial charge in [0.05, 0.1) is 0 Å². The zero-order valence-electron chi connectivity index (χ0n) is 7.86. The maximum atomic E-state index is 5.81. The molecule has 0 fully saturated rings. The summed E-state index contributed by atoms with van der Waals surface area (Å²) in [5, 5.41) is 6.05. The number of amidine groups is 1. The van der Waals surface area contributed by atoms with E-state index in [1.54, 1.807) is 5.01 Å². The molecule has 0 saturated heterocycles. The molecule has 0 aliphatic carbocycles. The lowest BCUT2D eigenvalue weighted by Gasteiger charge is -2.23. The van der Waals surface area contributed by atoms with Crippen molar-refractivity contribution in [2.24, 2.45) is 16.8 Å². The monoisotopic (exact) mass is 168 g/mol. The Morgan fingerprint density at radius 1 is 1.67 bits per heavy atom. The highest BCUT2D eigenvalue weighted by molar-refractivity contribution is 5.86. The van der Waals surface area contributed by atoms with Crippen LogP contribution in [0, 0.1) is 5.92 Å². The van der Waals surface area contributed by atoms with Crippen molar-refractivity contribution in [1.29, 1.82) is 0 Å². The van der Waals surface area contributed by atoms with E-state index in [0.717, 1.165) is 5.84 Å². The first kappa shape index (κ1) is 9.06. The van der Waals surface area contributed by atoms with Gasteiger partial charge in [-0.25, -0.2) is 0 Å². The summed E-state index contributed by atoms with van der Waals surface area (Å²) in [5.74, 6) is 1.23. The quantitative estimate of drug-likeness (QED) is 0.601. The zero-order valence-corrected chi connectivity index (χ0v) is 7.86. The van der Waals surface area contributed by atoms with Crippen LogP contribution in [0.3, 0.4) is 0 Å². The lowest BCUT2D eigenvalue weighted by atomic mass is 10.1. The van der Waals surface area contributed by atoms with Crippen LogP contribution in [0.5, 0.6) is 0 Å². The molecule has 0 bridgehead atoms. The van der Waals surface area contributed by atoms with Gasteiger partial charge in [0.25, 0.3) is 0 Å². The molecule has 4 heteroatoms. The summed E-state index contributed by atoms with van der Waals surface area (Å²) in [6.45, 7) is 5.77. The highest BCUT2D eigenvalue weighted by atomic mass is 15.6. The van der Waals surface area contributed by atoms with Gasteiger partial charge in [-0.05, 0) is 0 Å². The van der Waals surface area contributed by atoms with E-state index < -0.39 is 0 Å². The first-order valence-electron chi connectivity index (χ1n) is 4.00. The van der Waals surface area contributed by atoms with Crippen molar-refractivity contribution in [1.82, 2.24) is 9.91 Å². The Morgan fingerprint density at radius 3 is 2.58 bits per heavy atom. The number of nitrogens with two attached hydrogens (primary N) is 1. The topological polar surface area (TPSA) is 44.9 Å². The van der Waals surface area contributed by atoms with Crippen molar-refractivity contribution in [2.75, 3.05) is 14.1 Å². The molecule has 1 rings (SSSR count). The minimum absolute atomic E-state index is 0.137. The van der Waals surface area contributed by atoms with Gasteiger partial charge in [-0.3, -0.25) is 10.7 Å². The molecule has 68 valence electrons. The van der Waals surface area contributed by atoms with Gasteiger partial charge in [0.2, 0.25) is 0 Å². The predicted octanol–water partition coefficient (Wildman–Crippen LogP) is 0.242. The molecule has 0 aromatic rings. The van der Waals surface area contributed by atoms with Gasteiger partial charge in [0.1, 0.15) is 5.84 Å².